The molecule has 0 spiro atoms. The quantitative estimate of drug-likeness (QED) is 0.461. The van der Waals surface area contributed by atoms with Crippen molar-refractivity contribution in [3.63, 3.8) is 0 Å². The molecule has 0 bridgehead atoms. The van der Waals surface area contributed by atoms with E-state index in [1.54, 1.807) is 0 Å². The van der Waals surface area contributed by atoms with E-state index in [4.69, 9.17) is 11.6 Å². The molecule has 0 aliphatic rings. The lowest BCUT2D eigenvalue weighted by molar-refractivity contribution is -0.388. The smallest absolute Gasteiger partial charge is 0.258 e. The van der Waals surface area contributed by atoms with Gasteiger partial charge in [0.25, 0.3) is 12.1 Å². The Morgan fingerprint density at radius 2 is 1.82 bits per heavy atom. The molecule has 94 valence electrons. The first-order valence-electron chi connectivity index (χ1n) is 3.97. The van der Waals surface area contributed by atoms with E-state index in [2.05, 4.69) is 0 Å². The number of alkyl halides is 5. The van der Waals surface area contributed by atoms with Gasteiger partial charge in [0.2, 0.25) is 0 Å². The third kappa shape index (κ3) is 2.82. The molecule has 1 rings (SSSR count). The van der Waals surface area contributed by atoms with Crippen molar-refractivity contribution in [2.45, 2.75) is 12.6 Å². The van der Waals surface area contributed by atoms with E-state index in [-0.39, 0.29) is 12.1 Å². The molecule has 0 unspecified atom stereocenters. The van der Waals surface area contributed by atoms with E-state index < -0.39 is 39.4 Å². The van der Waals surface area contributed by atoms with Gasteiger partial charge in [-0.25, -0.2) is 8.78 Å². The van der Waals surface area contributed by atoms with E-state index in [1.165, 1.54) is 0 Å². The fraction of sp³-hybridized carbons (Fsp3) is 0.250. The molecule has 0 aliphatic heterocycles. The Balaban J connectivity index is 3.53. The van der Waals surface area contributed by atoms with Crippen molar-refractivity contribution in [3.8, 4) is 0 Å². The molecule has 3 nitrogen and oxygen atoms in total. The van der Waals surface area contributed by atoms with Crippen molar-refractivity contribution in [2.24, 2.45) is 0 Å². The number of nitrogens with zero attached hydrogens (tertiary/aromatic N) is 1. The van der Waals surface area contributed by atoms with Gasteiger partial charge >= 0.3 is 6.18 Å². The van der Waals surface area contributed by atoms with Gasteiger partial charge in [-0.1, -0.05) is 11.6 Å². The molecular formula is C8H3ClF5NO2. The molecule has 0 aromatic heterocycles. The second-order valence-electron chi connectivity index (χ2n) is 2.95. The Kier molecular flexibility index (Phi) is 3.56. The SMILES string of the molecule is O=[N+]([O-])c1cc(C(F)F)c(Cl)cc1C(F)(F)F. The molecule has 0 saturated carbocycles. The van der Waals surface area contributed by atoms with Crippen LogP contribution in [-0.4, -0.2) is 4.92 Å². The van der Waals surface area contributed by atoms with Crippen molar-refractivity contribution in [2.75, 3.05) is 0 Å². The van der Waals surface area contributed by atoms with Gasteiger partial charge in [0.1, 0.15) is 5.56 Å². The first-order chi connectivity index (χ1) is 7.64. The maximum absolute atomic E-state index is 12.4. The molecule has 0 heterocycles. The highest BCUT2D eigenvalue weighted by Gasteiger charge is 2.39. The standard InChI is InChI=1S/C8H3ClF5NO2/c9-5-2-4(8(12,13)14)6(15(16)17)1-3(5)7(10)11/h1-2,7H. The minimum absolute atomic E-state index is 0.126. The zero-order chi connectivity index (χ0) is 13.4. The summed E-state index contributed by atoms with van der Waals surface area (Å²) in [5.41, 5.74) is -4.11. The van der Waals surface area contributed by atoms with Crippen molar-refractivity contribution >= 4 is 17.3 Å². The maximum Gasteiger partial charge on any atom is 0.423 e. The number of hydrogen-bond acceptors (Lipinski definition) is 2. The Morgan fingerprint density at radius 1 is 1.29 bits per heavy atom. The topological polar surface area (TPSA) is 43.1 Å². The van der Waals surface area contributed by atoms with Gasteiger partial charge in [0.05, 0.1) is 9.95 Å². The number of rotatable bonds is 2. The van der Waals surface area contributed by atoms with Gasteiger partial charge in [-0.15, -0.1) is 0 Å². The first kappa shape index (κ1) is 13.6. The highest BCUT2D eigenvalue weighted by atomic mass is 35.5. The summed E-state index contributed by atoms with van der Waals surface area (Å²) in [6.45, 7) is 0. The summed E-state index contributed by atoms with van der Waals surface area (Å²) in [5, 5.41) is 9.51. The minimum atomic E-state index is -5.04. The predicted octanol–water partition coefficient (Wildman–Crippen LogP) is 4.20. The van der Waals surface area contributed by atoms with E-state index in [9.17, 15) is 32.1 Å². The Morgan fingerprint density at radius 3 is 2.18 bits per heavy atom. The molecule has 0 N–H and O–H groups in total. The molecule has 0 saturated heterocycles. The summed E-state index contributed by atoms with van der Waals surface area (Å²) in [6.07, 6.45) is -8.23. The second kappa shape index (κ2) is 4.44. The minimum Gasteiger partial charge on any atom is -0.258 e. The van der Waals surface area contributed by atoms with Crippen LogP contribution >= 0.6 is 11.6 Å². The average molecular weight is 276 g/mol. The van der Waals surface area contributed by atoms with Crippen LogP contribution in [0.25, 0.3) is 0 Å². The number of hydrogen-bond donors (Lipinski definition) is 0. The number of benzene rings is 1. The summed E-state index contributed by atoms with van der Waals surface area (Å²) >= 11 is 5.20. The van der Waals surface area contributed by atoms with Crippen LogP contribution in [0, 0.1) is 10.1 Å². The molecule has 0 radical (unpaired) electrons. The number of halogens is 6. The largest absolute Gasteiger partial charge is 0.423 e. The molecule has 0 aliphatic carbocycles. The zero-order valence-electron chi connectivity index (χ0n) is 7.76. The highest BCUT2D eigenvalue weighted by molar-refractivity contribution is 6.31. The summed E-state index contributed by atoms with van der Waals surface area (Å²) in [4.78, 5) is 8.99. The lowest BCUT2D eigenvalue weighted by atomic mass is 10.1. The van der Waals surface area contributed by atoms with Gasteiger partial charge in [-0.2, -0.15) is 13.2 Å². The van der Waals surface area contributed by atoms with Crippen LogP contribution in [0.5, 0.6) is 0 Å². The van der Waals surface area contributed by atoms with Crippen LogP contribution in [0.2, 0.25) is 5.02 Å². The van der Waals surface area contributed by atoms with Crippen LogP contribution in [-0.2, 0) is 6.18 Å². The molecule has 0 atom stereocenters. The van der Waals surface area contributed by atoms with E-state index in [0.29, 0.717) is 0 Å². The Hall–Kier alpha value is -1.44. The summed E-state index contributed by atoms with van der Waals surface area (Å²) in [5.74, 6) is 0. The maximum atomic E-state index is 12.4. The Bertz CT molecular complexity index is 460. The lowest BCUT2D eigenvalue weighted by Crippen LogP contribution is -2.10. The predicted molar refractivity (Wildman–Crippen MR) is 48.1 cm³/mol. The van der Waals surface area contributed by atoms with Crippen LogP contribution < -0.4 is 0 Å². The lowest BCUT2D eigenvalue weighted by Gasteiger charge is -2.10. The van der Waals surface area contributed by atoms with Crippen molar-refractivity contribution in [1.29, 1.82) is 0 Å². The van der Waals surface area contributed by atoms with Crippen LogP contribution in [0.4, 0.5) is 27.6 Å². The monoisotopic (exact) mass is 275 g/mol. The molecule has 17 heavy (non-hydrogen) atoms. The normalized spacial score (nSPS) is 11.9. The highest BCUT2D eigenvalue weighted by Crippen LogP contribution is 2.41. The fourth-order valence-electron chi connectivity index (χ4n) is 1.12. The van der Waals surface area contributed by atoms with Gasteiger partial charge in [0, 0.05) is 11.6 Å². The van der Waals surface area contributed by atoms with Crippen molar-refractivity contribution in [1.82, 2.24) is 0 Å². The van der Waals surface area contributed by atoms with Crippen LogP contribution in [0.3, 0.4) is 0 Å². The third-order valence-corrected chi connectivity index (χ3v) is 2.18. The number of nitro benzene ring substituents is 1. The molecule has 0 fully saturated rings. The van der Waals surface area contributed by atoms with Gasteiger partial charge in [-0.05, 0) is 6.07 Å². The van der Waals surface area contributed by atoms with Gasteiger partial charge in [0.15, 0.2) is 0 Å². The molecule has 0 amide bonds. The summed E-state index contributed by atoms with van der Waals surface area (Å²) in [6, 6.07) is 0.261. The van der Waals surface area contributed by atoms with Crippen molar-refractivity contribution in [3.05, 3.63) is 38.4 Å². The van der Waals surface area contributed by atoms with E-state index >= 15 is 0 Å². The fourth-order valence-corrected chi connectivity index (χ4v) is 1.37. The van der Waals surface area contributed by atoms with E-state index in [1.807, 2.05) is 0 Å². The molecular weight excluding hydrogens is 273 g/mol. The molecule has 1 aromatic carbocycles. The zero-order valence-corrected chi connectivity index (χ0v) is 8.52. The summed E-state index contributed by atoms with van der Waals surface area (Å²) in [7, 11) is 0. The molecule has 1 aromatic rings. The summed E-state index contributed by atoms with van der Waals surface area (Å²) < 4.78 is 61.7. The molecule has 9 heteroatoms. The van der Waals surface area contributed by atoms with Crippen molar-refractivity contribution < 1.29 is 26.9 Å². The van der Waals surface area contributed by atoms with E-state index in [0.717, 1.165) is 0 Å². The second-order valence-corrected chi connectivity index (χ2v) is 3.35. The van der Waals surface area contributed by atoms with Gasteiger partial charge < -0.3 is 0 Å². The third-order valence-electron chi connectivity index (χ3n) is 1.85. The van der Waals surface area contributed by atoms with Crippen LogP contribution in [0.1, 0.15) is 17.6 Å². The Labute approximate surface area is 95.9 Å². The average Bonchev–Trinajstić information content (AvgIpc) is 2.14. The first-order valence-corrected chi connectivity index (χ1v) is 4.35. The number of nitro groups is 1. The van der Waals surface area contributed by atoms with Crippen LogP contribution in [0.15, 0.2) is 12.1 Å². The van der Waals surface area contributed by atoms with Gasteiger partial charge in [-0.3, -0.25) is 10.1 Å².